The number of non-ortho nitro benzene ring substituents is 1. The van der Waals surface area contributed by atoms with Gasteiger partial charge in [-0.3, -0.25) is 15.5 Å². The van der Waals surface area contributed by atoms with Crippen LogP contribution in [-0.4, -0.2) is 17.4 Å². The largest absolute Gasteiger partial charge is 0.492 e. The summed E-state index contributed by atoms with van der Waals surface area (Å²) in [7, 11) is 0. The fraction of sp³-hybridized carbons (Fsp3) is 0.500. The molecule has 1 aromatic carbocycles. The van der Waals surface area contributed by atoms with Gasteiger partial charge in [0.1, 0.15) is 5.75 Å². The molecule has 0 atom stereocenters. The standard InChI is InChI=1S/C14H20ClN3O3/c1-14(2,13(16)17)7-3-4-8-21-12-9-10(18(19)20)5-6-11(12)15/h5-6,9H,3-4,7-8H2,1-2H3,(H3,16,17). The van der Waals surface area contributed by atoms with Gasteiger partial charge in [-0.05, 0) is 25.3 Å². The minimum Gasteiger partial charge on any atom is -0.492 e. The number of rotatable bonds is 8. The van der Waals surface area contributed by atoms with Gasteiger partial charge < -0.3 is 10.5 Å². The van der Waals surface area contributed by atoms with Gasteiger partial charge in [-0.2, -0.15) is 0 Å². The average molecular weight is 314 g/mol. The lowest BCUT2D eigenvalue weighted by Gasteiger charge is -2.22. The SMILES string of the molecule is CC(C)(CCCCOc1cc([N+](=O)[O-])ccc1Cl)C(=N)N. The maximum absolute atomic E-state index is 10.7. The number of nitro benzene ring substituents is 1. The average Bonchev–Trinajstić information content (AvgIpc) is 2.39. The van der Waals surface area contributed by atoms with Crippen LogP contribution in [0.1, 0.15) is 33.1 Å². The smallest absolute Gasteiger partial charge is 0.273 e. The minimum absolute atomic E-state index is 0.0490. The van der Waals surface area contributed by atoms with Crippen molar-refractivity contribution in [3.63, 3.8) is 0 Å². The highest BCUT2D eigenvalue weighted by Gasteiger charge is 2.20. The molecule has 3 N–H and O–H groups in total. The van der Waals surface area contributed by atoms with E-state index in [0.717, 1.165) is 19.3 Å². The normalized spacial score (nSPS) is 11.2. The van der Waals surface area contributed by atoms with Gasteiger partial charge in [0.15, 0.2) is 0 Å². The second-order valence-corrected chi connectivity index (χ2v) is 5.88. The van der Waals surface area contributed by atoms with Crippen LogP contribution in [0, 0.1) is 20.9 Å². The van der Waals surface area contributed by atoms with Gasteiger partial charge in [0.2, 0.25) is 0 Å². The third-order valence-electron chi connectivity index (χ3n) is 3.31. The summed E-state index contributed by atoms with van der Waals surface area (Å²) in [6.45, 7) is 4.26. The summed E-state index contributed by atoms with van der Waals surface area (Å²) in [5.74, 6) is 0.488. The van der Waals surface area contributed by atoms with Crippen molar-refractivity contribution in [1.29, 1.82) is 5.41 Å². The van der Waals surface area contributed by atoms with E-state index in [1.807, 2.05) is 13.8 Å². The number of benzene rings is 1. The number of halogens is 1. The summed E-state index contributed by atoms with van der Waals surface area (Å²) >= 11 is 5.94. The monoisotopic (exact) mass is 313 g/mol. The van der Waals surface area contributed by atoms with E-state index in [0.29, 0.717) is 17.4 Å². The van der Waals surface area contributed by atoms with E-state index in [2.05, 4.69) is 0 Å². The van der Waals surface area contributed by atoms with Crippen LogP contribution in [0.2, 0.25) is 5.02 Å². The Labute approximate surface area is 128 Å². The highest BCUT2D eigenvalue weighted by atomic mass is 35.5. The molecule has 0 spiro atoms. The Morgan fingerprint density at radius 2 is 2.14 bits per heavy atom. The summed E-state index contributed by atoms with van der Waals surface area (Å²) in [6, 6.07) is 4.11. The van der Waals surface area contributed by atoms with Crippen LogP contribution in [0.15, 0.2) is 18.2 Å². The fourth-order valence-corrected chi connectivity index (χ4v) is 1.87. The van der Waals surface area contributed by atoms with E-state index in [1.54, 1.807) is 0 Å². The van der Waals surface area contributed by atoms with Crippen molar-refractivity contribution in [3.05, 3.63) is 33.3 Å². The molecule has 21 heavy (non-hydrogen) atoms. The van der Waals surface area contributed by atoms with E-state index in [4.69, 9.17) is 27.5 Å². The van der Waals surface area contributed by atoms with Gasteiger partial charge >= 0.3 is 0 Å². The van der Waals surface area contributed by atoms with E-state index in [9.17, 15) is 10.1 Å². The lowest BCUT2D eigenvalue weighted by Crippen LogP contribution is -2.30. The molecule has 0 saturated carbocycles. The number of ether oxygens (including phenoxy) is 1. The molecule has 116 valence electrons. The van der Waals surface area contributed by atoms with Gasteiger partial charge in [-0.15, -0.1) is 0 Å². The van der Waals surface area contributed by atoms with Crippen LogP contribution < -0.4 is 10.5 Å². The van der Waals surface area contributed by atoms with E-state index in [-0.39, 0.29) is 16.9 Å². The Kier molecular flexibility index (Phi) is 5.96. The van der Waals surface area contributed by atoms with Crippen molar-refractivity contribution >= 4 is 23.1 Å². The molecule has 0 unspecified atom stereocenters. The molecular formula is C14H20ClN3O3. The van der Waals surface area contributed by atoms with Gasteiger partial charge in [-0.1, -0.05) is 25.4 Å². The fourth-order valence-electron chi connectivity index (χ4n) is 1.70. The lowest BCUT2D eigenvalue weighted by atomic mass is 9.86. The third-order valence-corrected chi connectivity index (χ3v) is 3.62. The zero-order valence-corrected chi connectivity index (χ0v) is 12.9. The molecule has 0 fully saturated rings. The molecule has 0 aliphatic carbocycles. The first kappa shape index (κ1) is 17.2. The summed E-state index contributed by atoms with van der Waals surface area (Å²) in [5, 5.41) is 18.5. The Morgan fingerprint density at radius 3 is 2.71 bits per heavy atom. The van der Waals surface area contributed by atoms with Crippen molar-refractivity contribution in [2.45, 2.75) is 33.1 Å². The zero-order chi connectivity index (χ0) is 16.0. The second-order valence-electron chi connectivity index (χ2n) is 5.47. The second kappa shape index (κ2) is 7.26. The van der Waals surface area contributed by atoms with Crippen LogP contribution in [0.4, 0.5) is 5.69 Å². The van der Waals surface area contributed by atoms with Crippen molar-refractivity contribution in [2.24, 2.45) is 11.1 Å². The Balaban J connectivity index is 2.45. The molecule has 0 bridgehead atoms. The Bertz CT molecular complexity index is 532. The number of nitrogens with zero attached hydrogens (tertiary/aromatic N) is 1. The van der Waals surface area contributed by atoms with Crippen LogP contribution in [0.25, 0.3) is 0 Å². The van der Waals surface area contributed by atoms with Crippen LogP contribution >= 0.6 is 11.6 Å². The number of nitrogens with two attached hydrogens (primary N) is 1. The molecule has 0 radical (unpaired) electrons. The Morgan fingerprint density at radius 1 is 1.48 bits per heavy atom. The summed E-state index contributed by atoms with van der Waals surface area (Å²) < 4.78 is 5.48. The summed E-state index contributed by atoms with van der Waals surface area (Å²) in [6.07, 6.45) is 2.39. The zero-order valence-electron chi connectivity index (χ0n) is 12.2. The minimum atomic E-state index is -0.488. The maximum atomic E-state index is 10.7. The number of nitro groups is 1. The number of hydrogen-bond acceptors (Lipinski definition) is 4. The quantitative estimate of drug-likeness (QED) is 0.251. The molecule has 0 aromatic heterocycles. The number of hydrogen-bond donors (Lipinski definition) is 2. The molecule has 0 saturated heterocycles. The molecule has 0 amide bonds. The number of nitrogens with one attached hydrogen (secondary N) is 1. The van der Waals surface area contributed by atoms with Gasteiger partial charge in [0, 0.05) is 11.5 Å². The first-order valence-corrected chi connectivity index (χ1v) is 7.03. The van der Waals surface area contributed by atoms with E-state index < -0.39 is 4.92 Å². The first-order chi connectivity index (χ1) is 9.74. The molecule has 7 heteroatoms. The third kappa shape index (κ3) is 5.23. The predicted molar refractivity (Wildman–Crippen MR) is 83.1 cm³/mol. The molecule has 0 aliphatic rings. The van der Waals surface area contributed by atoms with E-state index >= 15 is 0 Å². The highest BCUT2D eigenvalue weighted by Crippen LogP contribution is 2.29. The number of unbranched alkanes of at least 4 members (excludes halogenated alkanes) is 1. The first-order valence-electron chi connectivity index (χ1n) is 6.65. The van der Waals surface area contributed by atoms with Gasteiger partial charge in [0.05, 0.1) is 28.5 Å². The molecule has 1 rings (SSSR count). The molecule has 0 aliphatic heterocycles. The van der Waals surface area contributed by atoms with E-state index in [1.165, 1.54) is 18.2 Å². The van der Waals surface area contributed by atoms with Crippen molar-refractivity contribution in [3.8, 4) is 5.75 Å². The Hall–Kier alpha value is -1.82. The topological polar surface area (TPSA) is 102 Å². The van der Waals surface area contributed by atoms with Crippen LogP contribution in [0.3, 0.4) is 0 Å². The van der Waals surface area contributed by atoms with Crippen molar-refractivity contribution < 1.29 is 9.66 Å². The maximum Gasteiger partial charge on any atom is 0.273 e. The summed E-state index contributed by atoms with van der Waals surface area (Å²) in [4.78, 5) is 10.2. The highest BCUT2D eigenvalue weighted by molar-refractivity contribution is 6.32. The van der Waals surface area contributed by atoms with Crippen LogP contribution in [-0.2, 0) is 0 Å². The molecule has 6 nitrogen and oxygen atoms in total. The summed E-state index contributed by atoms with van der Waals surface area (Å²) in [5.41, 5.74) is 5.15. The van der Waals surface area contributed by atoms with Gasteiger partial charge in [-0.25, -0.2) is 0 Å². The van der Waals surface area contributed by atoms with Crippen molar-refractivity contribution in [1.82, 2.24) is 0 Å². The van der Waals surface area contributed by atoms with Crippen LogP contribution in [0.5, 0.6) is 5.75 Å². The lowest BCUT2D eigenvalue weighted by molar-refractivity contribution is -0.384. The predicted octanol–water partition coefficient (Wildman–Crippen LogP) is 3.76. The molecule has 1 aromatic rings. The van der Waals surface area contributed by atoms with Gasteiger partial charge in [0.25, 0.3) is 5.69 Å². The number of amidine groups is 1. The molecule has 0 heterocycles. The molecular weight excluding hydrogens is 294 g/mol. The van der Waals surface area contributed by atoms with Crippen molar-refractivity contribution in [2.75, 3.05) is 6.61 Å².